The predicted octanol–water partition coefficient (Wildman–Crippen LogP) is 2.80. The van der Waals surface area contributed by atoms with Crippen LogP contribution in [0.25, 0.3) is 10.2 Å². The summed E-state index contributed by atoms with van der Waals surface area (Å²) >= 11 is 3.67. The molecule has 1 atom stereocenters. The molecule has 2 saturated heterocycles. The number of aromatic nitrogens is 2. The van der Waals surface area contributed by atoms with E-state index in [0.29, 0.717) is 0 Å². The molecule has 5 nitrogen and oxygen atoms in total. The van der Waals surface area contributed by atoms with E-state index in [0.717, 1.165) is 66.4 Å². The quantitative estimate of drug-likeness (QED) is 0.840. The van der Waals surface area contributed by atoms with Crippen molar-refractivity contribution in [2.45, 2.75) is 32.2 Å². The highest BCUT2D eigenvalue weighted by Crippen LogP contribution is 2.34. The van der Waals surface area contributed by atoms with Gasteiger partial charge in [-0.1, -0.05) is 6.92 Å². The molecule has 0 bridgehead atoms. The SMILES string of the molecule is CCc1cc2c(N3CCCC3C(=O)N3CCSCC3)ncnc2s1. The molecule has 2 aliphatic heterocycles. The summed E-state index contributed by atoms with van der Waals surface area (Å²) in [7, 11) is 0. The van der Waals surface area contributed by atoms with E-state index in [2.05, 4.69) is 27.9 Å². The monoisotopic (exact) mass is 362 g/mol. The third-order valence-corrected chi connectivity index (χ3v) is 6.97. The molecule has 1 amide bonds. The lowest BCUT2D eigenvalue weighted by atomic mass is 10.2. The molecule has 4 rings (SSSR count). The molecule has 7 heteroatoms. The maximum Gasteiger partial charge on any atom is 0.245 e. The standard InChI is InChI=1S/C17H22N4OS2/c1-2-12-10-13-15(18-11-19-16(13)24-12)21-5-3-4-14(21)17(22)20-6-8-23-9-7-20/h10-11,14H,2-9H2,1H3. The van der Waals surface area contributed by atoms with E-state index in [9.17, 15) is 4.79 Å². The van der Waals surface area contributed by atoms with Gasteiger partial charge in [-0.3, -0.25) is 4.79 Å². The van der Waals surface area contributed by atoms with Crippen LogP contribution in [0.1, 0.15) is 24.6 Å². The first-order valence-electron chi connectivity index (χ1n) is 8.64. The Morgan fingerprint density at radius 3 is 2.92 bits per heavy atom. The van der Waals surface area contributed by atoms with E-state index in [4.69, 9.17) is 0 Å². The Hall–Kier alpha value is -1.34. The summed E-state index contributed by atoms with van der Waals surface area (Å²) < 4.78 is 0. The molecule has 0 radical (unpaired) electrons. The van der Waals surface area contributed by atoms with Gasteiger partial charge < -0.3 is 9.80 Å². The minimum absolute atomic E-state index is 0.0591. The van der Waals surface area contributed by atoms with Crippen LogP contribution < -0.4 is 4.90 Å². The highest BCUT2D eigenvalue weighted by Gasteiger charge is 2.35. The molecule has 0 aromatic carbocycles. The number of fused-ring (bicyclic) bond motifs is 1. The van der Waals surface area contributed by atoms with Gasteiger partial charge in [0.05, 0.1) is 5.39 Å². The van der Waals surface area contributed by atoms with Crippen LogP contribution >= 0.6 is 23.1 Å². The topological polar surface area (TPSA) is 49.3 Å². The van der Waals surface area contributed by atoms with E-state index in [1.807, 2.05) is 16.7 Å². The molecule has 1 unspecified atom stereocenters. The fraction of sp³-hybridized carbons (Fsp3) is 0.588. The Balaban J connectivity index is 1.65. The average Bonchev–Trinajstić information content (AvgIpc) is 3.28. The number of thioether (sulfide) groups is 1. The van der Waals surface area contributed by atoms with Crippen LogP contribution in [0.15, 0.2) is 12.4 Å². The Kier molecular flexibility index (Phi) is 4.63. The molecule has 2 fully saturated rings. The van der Waals surface area contributed by atoms with Gasteiger partial charge in [-0.2, -0.15) is 11.8 Å². The van der Waals surface area contributed by atoms with Gasteiger partial charge in [0.25, 0.3) is 0 Å². The second-order valence-electron chi connectivity index (χ2n) is 6.27. The van der Waals surface area contributed by atoms with Gasteiger partial charge in [-0.05, 0) is 25.3 Å². The van der Waals surface area contributed by atoms with Gasteiger partial charge in [0.1, 0.15) is 23.0 Å². The number of carbonyl (C=O) groups excluding carboxylic acids is 1. The molecule has 0 aliphatic carbocycles. The van der Waals surface area contributed by atoms with E-state index in [1.165, 1.54) is 4.88 Å². The summed E-state index contributed by atoms with van der Waals surface area (Å²) in [6.07, 6.45) is 4.63. The summed E-state index contributed by atoms with van der Waals surface area (Å²) in [5.41, 5.74) is 0. The van der Waals surface area contributed by atoms with Crippen molar-refractivity contribution in [3.05, 3.63) is 17.3 Å². The zero-order chi connectivity index (χ0) is 16.5. The van der Waals surface area contributed by atoms with Crippen molar-refractivity contribution in [1.29, 1.82) is 0 Å². The van der Waals surface area contributed by atoms with Gasteiger partial charge in [0.15, 0.2) is 0 Å². The molecule has 128 valence electrons. The first-order chi connectivity index (χ1) is 11.8. The lowest BCUT2D eigenvalue weighted by Gasteiger charge is -2.33. The van der Waals surface area contributed by atoms with Crippen LogP contribution in [-0.2, 0) is 11.2 Å². The molecule has 2 aromatic heterocycles. The van der Waals surface area contributed by atoms with Crippen LogP contribution in [0.5, 0.6) is 0 Å². The van der Waals surface area contributed by atoms with Crippen LogP contribution in [0, 0.1) is 0 Å². The van der Waals surface area contributed by atoms with Crippen molar-refractivity contribution in [2.24, 2.45) is 0 Å². The van der Waals surface area contributed by atoms with Crippen molar-refractivity contribution in [3.63, 3.8) is 0 Å². The third-order valence-electron chi connectivity index (χ3n) is 4.84. The Morgan fingerprint density at radius 2 is 2.12 bits per heavy atom. The first kappa shape index (κ1) is 16.1. The van der Waals surface area contributed by atoms with Crippen LogP contribution in [0.3, 0.4) is 0 Å². The number of aryl methyl sites for hydroxylation is 1. The number of hydrogen-bond donors (Lipinski definition) is 0. The Bertz CT molecular complexity index is 741. The van der Waals surface area contributed by atoms with Crippen molar-refractivity contribution in [1.82, 2.24) is 14.9 Å². The van der Waals surface area contributed by atoms with Gasteiger partial charge in [0, 0.05) is 36.0 Å². The number of amides is 1. The largest absolute Gasteiger partial charge is 0.344 e. The third kappa shape index (κ3) is 2.88. The van der Waals surface area contributed by atoms with Gasteiger partial charge in [-0.25, -0.2) is 9.97 Å². The van der Waals surface area contributed by atoms with Crippen molar-refractivity contribution in [2.75, 3.05) is 36.0 Å². The van der Waals surface area contributed by atoms with Crippen molar-refractivity contribution < 1.29 is 4.79 Å². The zero-order valence-electron chi connectivity index (χ0n) is 13.9. The molecule has 0 N–H and O–H groups in total. The molecule has 4 heterocycles. The summed E-state index contributed by atoms with van der Waals surface area (Å²) in [6.45, 7) is 4.83. The van der Waals surface area contributed by atoms with Gasteiger partial charge >= 0.3 is 0 Å². The van der Waals surface area contributed by atoms with Gasteiger partial charge in [0.2, 0.25) is 5.91 Å². The fourth-order valence-corrected chi connectivity index (χ4v) is 5.40. The van der Waals surface area contributed by atoms with Crippen LogP contribution in [0.4, 0.5) is 5.82 Å². The fourth-order valence-electron chi connectivity index (χ4n) is 3.57. The molecule has 24 heavy (non-hydrogen) atoms. The summed E-state index contributed by atoms with van der Waals surface area (Å²) in [6, 6.07) is 2.14. The molecular weight excluding hydrogens is 340 g/mol. The lowest BCUT2D eigenvalue weighted by molar-refractivity contribution is -0.132. The molecule has 0 spiro atoms. The molecule has 2 aliphatic rings. The van der Waals surface area contributed by atoms with E-state index >= 15 is 0 Å². The average molecular weight is 363 g/mol. The number of carbonyl (C=O) groups is 1. The number of nitrogens with zero attached hydrogens (tertiary/aromatic N) is 4. The molecule has 0 saturated carbocycles. The first-order valence-corrected chi connectivity index (χ1v) is 10.6. The summed E-state index contributed by atoms with van der Waals surface area (Å²) in [5, 5.41) is 1.10. The van der Waals surface area contributed by atoms with E-state index in [-0.39, 0.29) is 11.9 Å². The maximum absolute atomic E-state index is 13.0. The number of thiophene rings is 1. The van der Waals surface area contributed by atoms with Crippen LogP contribution in [-0.4, -0.2) is 58.0 Å². The van der Waals surface area contributed by atoms with Crippen molar-refractivity contribution in [3.8, 4) is 0 Å². The normalized spacial score (nSPS) is 21.6. The van der Waals surface area contributed by atoms with Crippen LogP contribution in [0.2, 0.25) is 0 Å². The Morgan fingerprint density at radius 1 is 1.29 bits per heavy atom. The number of rotatable bonds is 3. The minimum Gasteiger partial charge on any atom is -0.344 e. The summed E-state index contributed by atoms with van der Waals surface area (Å²) in [5.74, 6) is 3.34. The highest BCUT2D eigenvalue weighted by molar-refractivity contribution is 7.99. The molecular formula is C17H22N4OS2. The smallest absolute Gasteiger partial charge is 0.245 e. The zero-order valence-corrected chi connectivity index (χ0v) is 15.5. The number of anilines is 1. The second kappa shape index (κ2) is 6.88. The van der Waals surface area contributed by atoms with Crippen molar-refractivity contribution >= 4 is 45.0 Å². The second-order valence-corrected chi connectivity index (χ2v) is 8.61. The van der Waals surface area contributed by atoms with Gasteiger partial charge in [-0.15, -0.1) is 11.3 Å². The van der Waals surface area contributed by atoms with E-state index in [1.54, 1.807) is 17.7 Å². The maximum atomic E-state index is 13.0. The predicted molar refractivity (Wildman–Crippen MR) is 101 cm³/mol. The van der Waals surface area contributed by atoms with E-state index < -0.39 is 0 Å². The highest BCUT2D eigenvalue weighted by atomic mass is 32.2. The summed E-state index contributed by atoms with van der Waals surface area (Å²) in [4.78, 5) is 28.6. The minimum atomic E-state index is -0.0591. The molecule has 2 aromatic rings. The lowest BCUT2D eigenvalue weighted by Crippen LogP contribution is -2.48. The Labute approximate surface area is 150 Å². The number of hydrogen-bond acceptors (Lipinski definition) is 6.